The van der Waals surface area contributed by atoms with Crippen molar-refractivity contribution >= 4 is 10.9 Å². The lowest BCUT2D eigenvalue weighted by Crippen LogP contribution is -2.05. The first-order chi connectivity index (χ1) is 8.25. The van der Waals surface area contributed by atoms with E-state index in [2.05, 4.69) is 17.1 Å². The van der Waals surface area contributed by atoms with E-state index in [0.717, 1.165) is 11.3 Å². The summed E-state index contributed by atoms with van der Waals surface area (Å²) in [6.07, 6.45) is 3.78. The van der Waals surface area contributed by atoms with Crippen LogP contribution in [0.2, 0.25) is 0 Å². The van der Waals surface area contributed by atoms with Crippen LogP contribution in [0.25, 0.3) is 10.9 Å². The minimum atomic E-state index is 0.714. The highest BCUT2D eigenvalue weighted by atomic mass is 16.5. The Labute approximate surface area is 101 Å². The number of pyridine rings is 1. The predicted molar refractivity (Wildman–Crippen MR) is 69.2 cm³/mol. The molecule has 1 aliphatic heterocycles. The van der Waals surface area contributed by atoms with Gasteiger partial charge in [0.1, 0.15) is 5.76 Å². The lowest BCUT2D eigenvalue weighted by molar-refractivity contribution is 0.170. The van der Waals surface area contributed by atoms with E-state index in [-0.39, 0.29) is 0 Å². The second kappa shape index (κ2) is 5.34. The number of rotatable bonds is 0. The molecule has 0 saturated carbocycles. The molecule has 0 amide bonds. The molecule has 0 fully saturated rings. The fourth-order valence-electron chi connectivity index (χ4n) is 1.60. The molecule has 1 aliphatic rings. The van der Waals surface area contributed by atoms with Crippen molar-refractivity contribution in [3.63, 3.8) is 0 Å². The topological polar surface area (TPSA) is 25.4 Å². The summed E-state index contributed by atoms with van der Waals surface area (Å²) in [5, 5.41) is 1.20. The highest BCUT2D eigenvalue weighted by Crippen LogP contribution is 2.08. The van der Waals surface area contributed by atoms with Crippen molar-refractivity contribution in [1.82, 2.24) is 9.88 Å². The van der Waals surface area contributed by atoms with Gasteiger partial charge in [-0.05, 0) is 19.1 Å². The molecule has 0 radical (unpaired) electrons. The first-order valence-corrected chi connectivity index (χ1v) is 5.57. The van der Waals surface area contributed by atoms with E-state index < -0.39 is 0 Å². The number of allylic oxidation sites excluding steroid dienone is 1. The zero-order chi connectivity index (χ0) is 12.1. The summed E-state index contributed by atoms with van der Waals surface area (Å²) >= 11 is 0. The number of hydrogen-bond acceptors (Lipinski definition) is 3. The van der Waals surface area contributed by atoms with Crippen molar-refractivity contribution in [3.05, 3.63) is 54.6 Å². The Morgan fingerprint density at radius 1 is 1.18 bits per heavy atom. The van der Waals surface area contributed by atoms with Gasteiger partial charge in [-0.2, -0.15) is 0 Å². The molecular formula is C14H16N2O. The predicted octanol–water partition coefficient (Wildman–Crippen LogP) is 3.00. The van der Waals surface area contributed by atoms with E-state index in [1.54, 1.807) is 0 Å². The van der Waals surface area contributed by atoms with Gasteiger partial charge < -0.3 is 9.64 Å². The number of ether oxygens (including phenoxy) is 1. The van der Waals surface area contributed by atoms with Crippen molar-refractivity contribution in [1.29, 1.82) is 0 Å². The lowest BCUT2D eigenvalue weighted by Gasteiger charge is -2.01. The maximum absolute atomic E-state index is 5.05. The van der Waals surface area contributed by atoms with Gasteiger partial charge >= 0.3 is 0 Å². The van der Waals surface area contributed by atoms with Crippen LogP contribution in [0, 0.1) is 0 Å². The minimum Gasteiger partial charge on any atom is -0.476 e. The molecule has 3 heteroatoms. The summed E-state index contributed by atoms with van der Waals surface area (Å²) in [6, 6.07) is 12.1. The van der Waals surface area contributed by atoms with Crippen molar-refractivity contribution in [2.75, 3.05) is 13.8 Å². The van der Waals surface area contributed by atoms with E-state index in [9.17, 15) is 0 Å². The summed E-state index contributed by atoms with van der Waals surface area (Å²) < 4.78 is 5.05. The third kappa shape index (κ3) is 3.21. The molecule has 1 aromatic heterocycles. The monoisotopic (exact) mass is 228 g/mol. The number of nitrogens with zero attached hydrogens (tertiary/aromatic N) is 2. The molecule has 2 aromatic rings. The highest BCUT2D eigenvalue weighted by Gasteiger charge is 2.01. The van der Waals surface area contributed by atoms with Gasteiger partial charge in [0.25, 0.3) is 0 Å². The molecule has 0 unspecified atom stereocenters. The van der Waals surface area contributed by atoms with Crippen LogP contribution in [0.4, 0.5) is 0 Å². The SMILES string of the molecule is CC1=CN(C)CO1.c1ccc2ncccc2c1. The number of aromatic nitrogens is 1. The summed E-state index contributed by atoms with van der Waals surface area (Å²) in [5.74, 6) is 1.00. The molecule has 0 saturated heterocycles. The van der Waals surface area contributed by atoms with E-state index in [0.29, 0.717) is 6.73 Å². The van der Waals surface area contributed by atoms with Gasteiger partial charge in [-0.25, -0.2) is 0 Å². The maximum Gasteiger partial charge on any atom is 0.160 e. The highest BCUT2D eigenvalue weighted by molar-refractivity contribution is 5.77. The van der Waals surface area contributed by atoms with Crippen molar-refractivity contribution in [3.8, 4) is 0 Å². The molecule has 3 rings (SSSR count). The van der Waals surface area contributed by atoms with Crippen LogP contribution in [0.5, 0.6) is 0 Å². The molecule has 0 N–H and O–H groups in total. The average Bonchev–Trinajstić information content (AvgIpc) is 2.74. The molecule has 0 atom stereocenters. The molecule has 3 nitrogen and oxygen atoms in total. The molecule has 0 bridgehead atoms. The normalized spacial score (nSPS) is 13.8. The van der Waals surface area contributed by atoms with Gasteiger partial charge in [-0.15, -0.1) is 0 Å². The molecule has 0 aliphatic carbocycles. The molecule has 2 heterocycles. The Morgan fingerprint density at radius 3 is 2.53 bits per heavy atom. The lowest BCUT2D eigenvalue weighted by atomic mass is 10.2. The summed E-state index contributed by atoms with van der Waals surface area (Å²) in [6.45, 7) is 2.66. The second-order valence-corrected chi connectivity index (χ2v) is 3.97. The van der Waals surface area contributed by atoms with E-state index >= 15 is 0 Å². The number of hydrogen-bond donors (Lipinski definition) is 0. The Balaban J connectivity index is 0.000000136. The molecule has 88 valence electrons. The smallest absolute Gasteiger partial charge is 0.160 e. The molecule has 17 heavy (non-hydrogen) atoms. The third-order valence-corrected chi connectivity index (χ3v) is 2.41. The first kappa shape index (κ1) is 11.5. The number of fused-ring (bicyclic) bond motifs is 1. The van der Waals surface area contributed by atoms with Gasteiger partial charge in [-0.3, -0.25) is 4.98 Å². The summed E-state index contributed by atoms with van der Waals surface area (Å²) in [7, 11) is 1.98. The maximum atomic E-state index is 5.05. The van der Waals surface area contributed by atoms with Crippen LogP contribution in [0.1, 0.15) is 6.92 Å². The van der Waals surface area contributed by atoms with Crippen LogP contribution in [-0.4, -0.2) is 23.7 Å². The van der Waals surface area contributed by atoms with Crippen molar-refractivity contribution < 1.29 is 4.74 Å². The Kier molecular flexibility index (Phi) is 3.60. The standard InChI is InChI=1S/C9H7N.C5H9NO/c1-2-6-9-8(4-1)5-3-7-10-9;1-5-3-6(2)4-7-5/h1-7H;3H,4H2,1-2H3. The molecule has 0 spiro atoms. The molecular weight excluding hydrogens is 212 g/mol. The zero-order valence-electron chi connectivity index (χ0n) is 10.1. The van der Waals surface area contributed by atoms with Gasteiger partial charge in [-0.1, -0.05) is 24.3 Å². The number of benzene rings is 1. The Morgan fingerprint density at radius 2 is 1.94 bits per heavy atom. The van der Waals surface area contributed by atoms with Crippen LogP contribution < -0.4 is 0 Å². The largest absolute Gasteiger partial charge is 0.476 e. The van der Waals surface area contributed by atoms with E-state index in [1.165, 1.54) is 5.39 Å². The Hall–Kier alpha value is -2.03. The number of para-hydroxylation sites is 1. The quantitative estimate of drug-likeness (QED) is 0.693. The van der Waals surface area contributed by atoms with Crippen LogP contribution in [0.3, 0.4) is 0 Å². The third-order valence-electron chi connectivity index (χ3n) is 2.41. The molecule has 1 aromatic carbocycles. The van der Waals surface area contributed by atoms with E-state index in [4.69, 9.17) is 4.74 Å². The van der Waals surface area contributed by atoms with Gasteiger partial charge in [0.05, 0.1) is 5.52 Å². The fourth-order valence-corrected chi connectivity index (χ4v) is 1.60. The Bertz CT molecular complexity index is 457. The van der Waals surface area contributed by atoms with Gasteiger partial charge in [0.15, 0.2) is 6.73 Å². The van der Waals surface area contributed by atoms with Crippen LogP contribution >= 0.6 is 0 Å². The van der Waals surface area contributed by atoms with Gasteiger partial charge in [0, 0.05) is 24.8 Å². The van der Waals surface area contributed by atoms with Crippen molar-refractivity contribution in [2.24, 2.45) is 0 Å². The second-order valence-electron chi connectivity index (χ2n) is 3.97. The zero-order valence-corrected chi connectivity index (χ0v) is 10.1. The first-order valence-electron chi connectivity index (χ1n) is 5.57. The fraction of sp³-hybridized carbons (Fsp3) is 0.214. The van der Waals surface area contributed by atoms with E-state index in [1.807, 2.05) is 55.5 Å². The van der Waals surface area contributed by atoms with Crippen molar-refractivity contribution in [2.45, 2.75) is 6.92 Å². The summed E-state index contributed by atoms with van der Waals surface area (Å²) in [5.41, 5.74) is 1.06. The van der Waals surface area contributed by atoms with Crippen LogP contribution in [0.15, 0.2) is 54.6 Å². The van der Waals surface area contributed by atoms with Gasteiger partial charge in [0.2, 0.25) is 0 Å². The average molecular weight is 228 g/mol. The van der Waals surface area contributed by atoms with Crippen LogP contribution in [-0.2, 0) is 4.74 Å². The minimum absolute atomic E-state index is 0.714. The summed E-state index contributed by atoms with van der Waals surface area (Å²) in [4.78, 5) is 6.18.